The highest BCUT2D eigenvalue weighted by molar-refractivity contribution is 5.27. The van der Waals surface area contributed by atoms with Gasteiger partial charge in [-0.2, -0.15) is 13.2 Å². The average Bonchev–Trinajstić information content (AvgIpc) is 2.34. The largest absolute Gasteiger partial charge is 0.404 e. The zero-order chi connectivity index (χ0) is 13.2. The van der Waals surface area contributed by atoms with Gasteiger partial charge in [0.15, 0.2) is 0 Å². The lowest BCUT2D eigenvalue weighted by molar-refractivity contribution is -0.162. The van der Waals surface area contributed by atoms with Gasteiger partial charge in [-0.3, -0.25) is 4.98 Å². The number of aromatic nitrogens is 1. The topological polar surface area (TPSA) is 24.9 Å². The molecule has 100 valence electrons. The number of fused-ring (bicyclic) bond motifs is 1. The Balaban J connectivity index is 2.32. The monoisotopic (exact) mass is 258 g/mol. The van der Waals surface area contributed by atoms with Crippen LogP contribution < -0.4 is 5.32 Å². The van der Waals surface area contributed by atoms with Gasteiger partial charge in [0, 0.05) is 17.8 Å². The van der Waals surface area contributed by atoms with Crippen LogP contribution in [-0.4, -0.2) is 23.7 Å². The van der Waals surface area contributed by atoms with E-state index in [1.165, 1.54) is 0 Å². The van der Waals surface area contributed by atoms with Gasteiger partial charge in [0.2, 0.25) is 0 Å². The predicted octanol–water partition coefficient (Wildman–Crippen LogP) is 3.04. The van der Waals surface area contributed by atoms with Crippen LogP contribution in [0.1, 0.15) is 36.9 Å². The molecule has 0 aromatic carbocycles. The Morgan fingerprint density at radius 1 is 1.50 bits per heavy atom. The fraction of sp³-hybridized carbons (Fsp3) is 0.615. The molecule has 2 rings (SSSR count). The van der Waals surface area contributed by atoms with E-state index in [0.717, 1.165) is 18.4 Å². The van der Waals surface area contributed by atoms with Crippen LogP contribution in [0, 0.1) is 0 Å². The third kappa shape index (κ3) is 2.66. The smallest absolute Gasteiger partial charge is 0.306 e. The molecule has 1 aromatic rings. The van der Waals surface area contributed by atoms with Gasteiger partial charge in [-0.15, -0.1) is 0 Å². The van der Waals surface area contributed by atoms with Crippen molar-refractivity contribution in [1.82, 2.24) is 10.3 Å². The Morgan fingerprint density at radius 3 is 2.94 bits per heavy atom. The molecule has 1 aliphatic rings. The lowest BCUT2D eigenvalue weighted by Crippen LogP contribution is -2.47. The second kappa shape index (κ2) is 5.26. The summed E-state index contributed by atoms with van der Waals surface area (Å²) in [6.45, 7) is 2.00. The molecule has 0 aliphatic heterocycles. The molecule has 1 heterocycles. The number of alkyl halides is 3. The van der Waals surface area contributed by atoms with Gasteiger partial charge in [-0.05, 0) is 37.4 Å². The van der Waals surface area contributed by atoms with Crippen LogP contribution in [0.4, 0.5) is 13.2 Å². The van der Waals surface area contributed by atoms with Gasteiger partial charge < -0.3 is 5.32 Å². The second-order valence-corrected chi connectivity index (χ2v) is 4.62. The van der Waals surface area contributed by atoms with Gasteiger partial charge in [0.05, 0.1) is 0 Å². The van der Waals surface area contributed by atoms with Crippen molar-refractivity contribution >= 4 is 0 Å². The number of hydrogen-bond donors (Lipinski definition) is 1. The molecule has 0 fully saturated rings. The van der Waals surface area contributed by atoms with Crippen LogP contribution in [0.2, 0.25) is 0 Å². The predicted molar refractivity (Wildman–Crippen MR) is 63.4 cm³/mol. The summed E-state index contributed by atoms with van der Waals surface area (Å²) in [7, 11) is 0. The average molecular weight is 258 g/mol. The zero-order valence-corrected chi connectivity index (χ0v) is 10.3. The Kier molecular flexibility index (Phi) is 3.90. The van der Waals surface area contributed by atoms with Crippen LogP contribution in [-0.2, 0) is 6.42 Å². The molecule has 0 saturated heterocycles. The van der Waals surface area contributed by atoms with E-state index in [2.05, 4.69) is 10.3 Å². The first-order valence-corrected chi connectivity index (χ1v) is 6.28. The Labute approximate surface area is 105 Å². The summed E-state index contributed by atoms with van der Waals surface area (Å²) in [6.07, 6.45) is -0.484. The molecule has 0 spiro atoms. The number of nitrogens with one attached hydrogen (secondary N) is 1. The van der Waals surface area contributed by atoms with Crippen LogP contribution >= 0.6 is 0 Å². The van der Waals surface area contributed by atoms with Crippen LogP contribution in [0.5, 0.6) is 0 Å². The third-order valence-corrected chi connectivity index (χ3v) is 3.42. The molecule has 1 aliphatic carbocycles. The van der Waals surface area contributed by atoms with Crippen molar-refractivity contribution in [3.05, 3.63) is 29.6 Å². The molecule has 0 radical (unpaired) electrons. The quantitative estimate of drug-likeness (QED) is 0.901. The van der Waals surface area contributed by atoms with Crippen molar-refractivity contribution in [2.45, 2.75) is 44.3 Å². The normalized spacial score (nSPS) is 21.4. The summed E-state index contributed by atoms with van der Waals surface area (Å²) in [6, 6.07) is 2.18. The molecular formula is C13H17F3N2. The standard InChI is InChI=1S/C13H17F3N2/c1-2-17-12(13(14,15)16)10-7-3-5-9-6-4-8-18-11(9)10/h4,6,8,10,12,17H,2-3,5,7H2,1H3. The number of aryl methyl sites for hydroxylation is 1. The minimum Gasteiger partial charge on any atom is -0.306 e. The summed E-state index contributed by atoms with van der Waals surface area (Å²) >= 11 is 0. The fourth-order valence-electron chi connectivity index (χ4n) is 2.68. The molecule has 1 aromatic heterocycles. The van der Waals surface area contributed by atoms with Crippen LogP contribution in [0.25, 0.3) is 0 Å². The Hall–Kier alpha value is -1.10. The minimum atomic E-state index is -4.23. The maximum absolute atomic E-state index is 13.1. The molecule has 0 saturated carbocycles. The summed E-state index contributed by atoms with van der Waals surface area (Å²) in [4.78, 5) is 4.18. The highest BCUT2D eigenvalue weighted by Crippen LogP contribution is 2.38. The van der Waals surface area contributed by atoms with Crippen molar-refractivity contribution in [3.63, 3.8) is 0 Å². The lowest BCUT2D eigenvalue weighted by Gasteiger charge is -2.33. The Morgan fingerprint density at radius 2 is 2.28 bits per heavy atom. The number of pyridine rings is 1. The number of halogens is 3. The molecule has 18 heavy (non-hydrogen) atoms. The highest BCUT2D eigenvalue weighted by atomic mass is 19.4. The fourth-order valence-corrected chi connectivity index (χ4v) is 2.68. The van der Waals surface area contributed by atoms with E-state index in [1.54, 1.807) is 19.2 Å². The van der Waals surface area contributed by atoms with Crippen molar-refractivity contribution in [3.8, 4) is 0 Å². The third-order valence-electron chi connectivity index (χ3n) is 3.42. The second-order valence-electron chi connectivity index (χ2n) is 4.62. The van der Waals surface area contributed by atoms with Gasteiger partial charge in [0.25, 0.3) is 0 Å². The molecule has 0 bridgehead atoms. The molecular weight excluding hydrogens is 241 g/mol. The van der Waals surface area contributed by atoms with Crippen molar-refractivity contribution in [1.29, 1.82) is 0 Å². The lowest BCUT2D eigenvalue weighted by atomic mass is 9.81. The Bertz CT molecular complexity index is 403. The van der Waals surface area contributed by atoms with Gasteiger partial charge >= 0.3 is 6.18 Å². The first-order chi connectivity index (χ1) is 8.54. The van der Waals surface area contributed by atoms with E-state index in [-0.39, 0.29) is 0 Å². The molecule has 2 atom stereocenters. The molecule has 2 nitrogen and oxygen atoms in total. The molecule has 1 N–H and O–H groups in total. The molecule has 5 heteroatoms. The summed E-state index contributed by atoms with van der Waals surface area (Å²) in [5, 5.41) is 2.57. The number of rotatable bonds is 3. The number of hydrogen-bond acceptors (Lipinski definition) is 2. The van der Waals surface area contributed by atoms with Gasteiger partial charge in [0.1, 0.15) is 6.04 Å². The van der Waals surface area contributed by atoms with E-state index >= 15 is 0 Å². The first-order valence-electron chi connectivity index (χ1n) is 6.28. The van der Waals surface area contributed by atoms with Crippen molar-refractivity contribution in [2.75, 3.05) is 6.54 Å². The maximum Gasteiger partial charge on any atom is 0.404 e. The van der Waals surface area contributed by atoms with E-state index in [0.29, 0.717) is 18.7 Å². The van der Waals surface area contributed by atoms with E-state index in [1.807, 2.05) is 6.07 Å². The molecule has 2 unspecified atom stereocenters. The maximum atomic E-state index is 13.1. The molecule has 0 amide bonds. The van der Waals surface area contributed by atoms with Gasteiger partial charge in [-0.1, -0.05) is 13.0 Å². The van der Waals surface area contributed by atoms with Gasteiger partial charge in [-0.25, -0.2) is 0 Å². The number of nitrogens with zero attached hydrogens (tertiary/aromatic N) is 1. The van der Waals surface area contributed by atoms with E-state index in [9.17, 15) is 13.2 Å². The number of likely N-dealkylation sites (N-methyl/N-ethyl adjacent to an activating group) is 1. The summed E-state index contributed by atoms with van der Waals surface area (Å²) in [5.74, 6) is -0.560. The minimum absolute atomic E-state index is 0.308. The van der Waals surface area contributed by atoms with E-state index < -0.39 is 18.1 Å². The zero-order valence-electron chi connectivity index (χ0n) is 10.3. The summed E-state index contributed by atoms with van der Waals surface area (Å²) in [5.41, 5.74) is 1.58. The van der Waals surface area contributed by atoms with Crippen LogP contribution in [0.15, 0.2) is 18.3 Å². The van der Waals surface area contributed by atoms with E-state index in [4.69, 9.17) is 0 Å². The van der Waals surface area contributed by atoms with Crippen molar-refractivity contribution < 1.29 is 13.2 Å². The highest BCUT2D eigenvalue weighted by Gasteiger charge is 2.46. The van der Waals surface area contributed by atoms with Crippen molar-refractivity contribution in [2.24, 2.45) is 0 Å². The SMILES string of the molecule is CCNC(C1CCCc2cccnc21)C(F)(F)F. The first kappa shape index (κ1) is 13.3. The van der Waals surface area contributed by atoms with Crippen LogP contribution in [0.3, 0.4) is 0 Å². The summed E-state index contributed by atoms with van der Waals surface area (Å²) < 4.78 is 39.3.